The van der Waals surface area contributed by atoms with Crippen LogP contribution >= 0.6 is 0 Å². The molecule has 2 atom stereocenters. The van der Waals surface area contributed by atoms with Gasteiger partial charge in [0, 0.05) is 29.8 Å². The second-order valence-corrected chi connectivity index (χ2v) is 11.2. The molecule has 0 unspecified atom stereocenters. The van der Waals surface area contributed by atoms with E-state index in [0.29, 0.717) is 39.4 Å². The summed E-state index contributed by atoms with van der Waals surface area (Å²) in [4.78, 5) is 37.4. The van der Waals surface area contributed by atoms with Crippen LogP contribution in [-0.2, 0) is 10.3 Å². The molecule has 47 heavy (non-hydrogen) atoms. The molecule has 1 spiro atoms. The molecule has 1 heterocycles. The minimum absolute atomic E-state index is 0.0522. The number of hydrazone groups is 1. The molecule has 0 amide bonds. The van der Waals surface area contributed by atoms with Crippen LogP contribution in [0.5, 0.6) is 5.75 Å². The van der Waals surface area contributed by atoms with E-state index in [1.54, 1.807) is 42.5 Å². The van der Waals surface area contributed by atoms with E-state index in [4.69, 9.17) is 9.84 Å². The summed E-state index contributed by atoms with van der Waals surface area (Å²) in [5, 5.41) is 29.9. The van der Waals surface area contributed by atoms with Crippen molar-refractivity contribution < 1.29 is 19.4 Å². The summed E-state index contributed by atoms with van der Waals surface area (Å²) in [6.07, 6.45) is 1.75. The van der Waals surface area contributed by atoms with Gasteiger partial charge in [-0.25, -0.2) is 5.01 Å². The molecule has 7 rings (SSSR count). The lowest BCUT2D eigenvalue weighted by Gasteiger charge is -2.38. The summed E-state index contributed by atoms with van der Waals surface area (Å²) >= 11 is 0. The third-order valence-corrected chi connectivity index (χ3v) is 8.69. The molecule has 0 saturated carbocycles. The fourth-order valence-electron chi connectivity index (χ4n) is 6.57. The minimum Gasteiger partial charge on any atom is -0.497 e. The molecule has 5 aromatic rings. The van der Waals surface area contributed by atoms with Crippen LogP contribution in [0, 0.1) is 20.2 Å². The van der Waals surface area contributed by atoms with Crippen molar-refractivity contribution in [3.8, 4) is 5.75 Å². The predicted octanol–water partition coefficient (Wildman–Crippen LogP) is 7.54. The zero-order chi connectivity index (χ0) is 32.7. The van der Waals surface area contributed by atoms with Gasteiger partial charge in [0.2, 0.25) is 0 Å². The van der Waals surface area contributed by atoms with Crippen LogP contribution in [0.3, 0.4) is 0 Å². The standard InChI is InChI=1S/C37H26N4O6/c1-47-30-21-15-26(16-22-30)35-34(25-13-19-29(20-14-25)41(45)46)37(39(38-35)27-7-3-2-4-8-27)33-10-6-5-9-31(33)32(36(37)42)23-24-11-17-28(18-12-24)40(43)44/h2-23,34H,1H3/b32-23+/t34-,37+/m1/s1. The summed E-state index contributed by atoms with van der Waals surface area (Å²) < 4.78 is 5.40. The summed E-state index contributed by atoms with van der Waals surface area (Å²) in [7, 11) is 1.58. The van der Waals surface area contributed by atoms with Gasteiger partial charge in [-0.05, 0) is 82.4 Å². The number of nitrogens with zero attached hydrogens (tertiary/aromatic N) is 4. The summed E-state index contributed by atoms with van der Waals surface area (Å²) in [6.45, 7) is 0. The number of benzene rings is 5. The number of carbonyl (C=O) groups is 1. The lowest BCUT2D eigenvalue weighted by Crippen LogP contribution is -2.49. The third-order valence-electron chi connectivity index (χ3n) is 8.69. The lowest BCUT2D eigenvalue weighted by atomic mass is 9.71. The maximum atomic E-state index is 15.4. The van der Waals surface area contributed by atoms with Gasteiger partial charge in [0.25, 0.3) is 11.4 Å². The Morgan fingerprint density at radius 2 is 1.36 bits per heavy atom. The number of methoxy groups -OCH3 is 1. The van der Waals surface area contributed by atoms with Gasteiger partial charge in [0.1, 0.15) is 5.75 Å². The molecule has 0 bridgehead atoms. The molecular weight excluding hydrogens is 596 g/mol. The van der Waals surface area contributed by atoms with Gasteiger partial charge in [-0.3, -0.25) is 25.0 Å². The Kier molecular flexibility index (Phi) is 7.17. The number of carbonyl (C=O) groups excluding carboxylic acids is 1. The van der Waals surface area contributed by atoms with E-state index in [0.717, 1.165) is 11.1 Å². The number of Topliss-reactive ketones (excluding diaryl/α,β-unsaturated/α-hetero) is 1. The van der Waals surface area contributed by atoms with E-state index in [1.807, 2.05) is 78.9 Å². The molecule has 0 N–H and O–H groups in total. The van der Waals surface area contributed by atoms with Crippen LogP contribution in [-0.4, -0.2) is 28.5 Å². The first-order chi connectivity index (χ1) is 22.8. The highest BCUT2D eigenvalue weighted by Gasteiger charge is 2.63. The van der Waals surface area contributed by atoms with Crippen LogP contribution < -0.4 is 9.75 Å². The number of hydrogen-bond donors (Lipinski definition) is 0. The number of hydrogen-bond acceptors (Lipinski definition) is 8. The molecule has 1 aliphatic heterocycles. The van der Waals surface area contributed by atoms with Crippen molar-refractivity contribution in [3.05, 3.63) is 175 Å². The molecule has 5 aromatic carbocycles. The smallest absolute Gasteiger partial charge is 0.269 e. The van der Waals surface area contributed by atoms with Gasteiger partial charge in [-0.15, -0.1) is 0 Å². The molecular formula is C37H26N4O6. The Balaban J connectivity index is 1.51. The van der Waals surface area contributed by atoms with Crippen molar-refractivity contribution in [1.29, 1.82) is 0 Å². The van der Waals surface area contributed by atoms with Gasteiger partial charge in [0.15, 0.2) is 11.3 Å². The van der Waals surface area contributed by atoms with Gasteiger partial charge >= 0.3 is 0 Å². The van der Waals surface area contributed by atoms with Gasteiger partial charge in [-0.2, -0.15) is 5.10 Å². The summed E-state index contributed by atoms with van der Waals surface area (Å²) in [5.74, 6) is -0.269. The van der Waals surface area contributed by atoms with Crippen LogP contribution in [0.2, 0.25) is 0 Å². The van der Waals surface area contributed by atoms with Crippen molar-refractivity contribution in [3.63, 3.8) is 0 Å². The SMILES string of the molecule is COc1ccc(C2=NN(c3ccccc3)[C@]3(C(=O)/C(=C/c4ccc([N+](=O)[O-])cc4)c4ccccc43)[C@@H]2c2ccc([N+](=O)[O-])cc2)cc1. The fourth-order valence-corrected chi connectivity index (χ4v) is 6.57. The first-order valence-corrected chi connectivity index (χ1v) is 14.8. The quantitative estimate of drug-likeness (QED) is 0.104. The zero-order valence-electron chi connectivity index (χ0n) is 25.0. The topological polar surface area (TPSA) is 128 Å². The number of anilines is 1. The Hall–Kier alpha value is -6.42. The van der Waals surface area contributed by atoms with E-state index in [2.05, 4.69) is 0 Å². The largest absolute Gasteiger partial charge is 0.497 e. The van der Waals surface area contributed by atoms with Gasteiger partial charge in [-0.1, -0.05) is 54.6 Å². The Morgan fingerprint density at radius 3 is 1.98 bits per heavy atom. The molecule has 10 heteroatoms. The van der Waals surface area contributed by atoms with Crippen LogP contribution in [0.15, 0.2) is 132 Å². The molecule has 0 aromatic heterocycles. The summed E-state index contributed by atoms with van der Waals surface area (Å²) in [6, 6.07) is 36.7. The first kappa shape index (κ1) is 29.3. The molecule has 2 aliphatic rings. The highest BCUT2D eigenvalue weighted by Crippen LogP contribution is 2.58. The number of ether oxygens (including phenoxy) is 1. The van der Waals surface area contributed by atoms with Crippen LogP contribution in [0.1, 0.15) is 33.7 Å². The Morgan fingerprint density at radius 1 is 0.766 bits per heavy atom. The molecule has 0 fully saturated rings. The van der Waals surface area contributed by atoms with E-state index in [9.17, 15) is 20.2 Å². The maximum absolute atomic E-state index is 15.4. The van der Waals surface area contributed by atoms with Crippen LogP contribution in [0.25, 0.3) is 11.6 Å². The number of rotatable bonds is 7. The van der Waals surface area contributed by atoms with Crippen molar-refractivity contribution in [2.45, 2.75) is 11.5 Å². The van der Waals surface area contributed by atoms with E-state index in [-0.39, 0.29) is 17.2 Å². The van der Waals surface area contributed by atoms with Gasteiger partial charge in [0.05, 0.1) is 34.3 Å². The van der Waals surface area contributed by atoms with Gasteiger partial charge < -0.3 is 4.74 Å². The molecule has 230 valence electrons. The summed E-state index contributed by atoms with van der Waals surface area (Å²) in [5.41, 5.74) is 3.64. The molecule has 0 saturated heterocycles. The normalized spacial score (nSPS) is 19.1. The van der Waals surface area contributed by atoms with Crippen molar-refractivity contribution >= 4 is 40.2 Å². The minimum atomic E-state index is -1.42. The Labute approximate surface area is 269 Å². The van der Waals surface area contributed by atoms with Crippen molar-refractivity contribution in [2.75, 3.05) is 12.1 Å². The highest BCUT2D eigenvalue weighted by atomic mass is 16.6. The third kappa shape index (κ3) is 4.74. The van der Waals surface area contributed by atoms with E-state index in [1.165, 1.54) is 24.3 Å². The predicted molar refractivity (Wildman–Crippen MR) is 178 cm³/mol. The van der Waals surface area contributed by atoms with Crippen molar-refractivity contribution in [2.24, 2.45) is 5.10 Å². The second-order valence-electron chi connectivity index (χ2n) is 11.2. The monoisotopic (exact) mass is 622 g/mol. The number of nitro benzene ring substituents is 2. The number of ketones is 1. The van der Waals surface area contributed by atoms with Crippen molar-refractivity contribution in [1.82, 2.24) is 0 Å². The first-order valence-electron chi connectivity index (χ1n) is 14.8. The van der Waals surface area contributed by atoms with Crippen LogP contribution in [0.4, 0.5) is 17.1 Å². The zero-order valence-corrected chi connectivity index (χ0v) is 25.0. The lowest BCUT2D eigenvalue weighted by molar-refractivity contribution is -0.385. The average Bonchev–Trinajstić information content (AvgIpc) is 3.58. The van der Waals surface area contributed by atoms with E-state index < -0.39 is 21.3 Å². The molecule has 1 aliphatic carbocycles. The number of nitro groups is 2. The molecule has 0 radical (unpaired) electrons. The molecule has 10 nitrogen and oxygen atoms in total. The number of fused-ring (bicyclic) bond motifs is 2. The highest BCUT2D eigenvalue weighted by molar-refractivity contribution is 6.36. The Bertz CT molecular complexity index is 2090. The second kappa shape index (κ2) is 11.5. The van der Waals surface area contributed by atoms with E-state index >= 15 is 4.79 Å². The number of para-hydroxylation sites is 1. The maximum Gasteiger partial charge on any atom is 0.269 e. The average molecular weight is 623 g/mol. The fraction of sp³-hybridized carbons (Fsp3) is 0.0811. The number of non-ortho nitro benzene ring substituents is 2.